The summed E-state index contributed by atoms with van der Waals surface area (Å²) in [5.74, 6) is 2.32. The van der Waals surface area contributed by atoms with Crippen LogP contribution in [-0.2, 0) is 0 Å². The Morgan fingerprint density at radius 1 is 1.24 bits per heavy atom. The highest BCUT2D eigenvalue weighted by Gasteiger charge is 2.25. The Morgan fingerprint density at radius 2 is 2.12 bits per heavy atom. The molecule has 0 aliphatic heterocycles. The lowest BCUT2D eigenvalue weighted by atomic mass is 10.2. The third kappa shape index (κ3) is 2.25. The molecule has 86 valence electrons. The Hall–Kier alpha value is -1.97. The smallest absolute Gasteiger partial charge is 0.135 e. The summed E-state index contributed by atoms with van der Waals surface area (Å²) in [6.07, 6.45) is 5.89. The van der Waals surface area contributed by atoms with Crippen molar-refractivity contribution in [2.75, 3.05) is 5.32 Å². The quantitative estimate of drug-likeness (QED) is 0.874. The summed E-state index contributed by atoms with van der Waals surface area (Å²) in [6.45, 7) is 2.03. The van der Waals surface area contributed by atoms with Crippen molar-refractivity contribution in [1.82, 2.24) is 15.0 Å². The van der Waals surface area contributed by atoms with Crippen molar-refractivity contribution in [3.05, 3.63) is 42.0 Å². The van der Waals surface area contributed by atoms with Gasteiger partial charge in [-0.3, -0.25) is 0 Å². The zero-order chi connectivity index (χ0) is 11.7. The van der Waals surface area contributed by atoms with Crippen molar-refractivity contribution >= 4 is 11.6 Å². The normalized spacial score (nSPS) is 14.6. The molecule has 2 aromatic rings. The van der Waals surface area contributed by atoms with Gasteiger partial charge in [-0.2, -0.15) is 0 Å². The minimum Gasteiger partial charge on any atom is -0.325 e. The number of hydrogen-bond acceptors (Lipinski definition) is 4. The van der Waals surface area contributed by atoms with Gasteiger partial charge in [0.25, 0.3) is 0 Å². The van der Waals surface area contributed by atoms with Crippen LogP contribution in [0.5, 0.6) is 0 Å². The first-order valence-corrected chi connectivity index (χ1v) is 5.83. The highest BCUT2D eigenvalue weighted by Crippen LogP contribution is 2.39. The summed E-state index contributed by atoms with van der Waals surface area (Å²) in [5, 5.41) is 3.23. The van der Waals surface area contributed by atoms with Gasteiger partial charge < -0.3 is 5.32 Å². The predicted octanol–water partition coefficient (Wildman–Crippen LogP) is 2.80. The van der Waals surface area contributed by atoms with Gasteiger partial charge in [0.15, 0.2) is 0 Å². The van der Waals surface area contributed by atoms with Crippen molar-refractivity contribution in [1.29, 1.82) is 0 Å². The molecule has 0 saturated heterocycles. The Bertz CT molecular complexity index is 534. The molecule has 0 radical (unpaired) electrons. The molecule has 0 atom stereocenters. The molecule has 2 aromatic heterocycles. The topological polar surface area (TPSA) is 50.7 Å². The maximum atomic E-state index is 4.29. The van der Waals surface area contributed by atoms with E-state index in [1.807, 2.05) is 25.1 Å². The molecule has 1 aliphatic carbocycles. The van der Waals surface area contributed by atoms with Crippen molar-refractivity contribution in [2.24, 2.45) is 0 Å². The van der Waals surface area contributed by atoms with Crippen LogP contribution in [0.1, 0.15) is 30.0 Å². The Balaban J connectivity index is 1.85. The lowest BCUT2D eigenvalue weighted by Crippen LogP contribution is -1.99. The number of rotatable bonds is 3. The van der Waals surface area contributed by atoms with Crippen LogP contribution in [0, 0.1) is 6.92 Å². The van der Waals surface area contributed by atoms with E-state index in [-0.39, 0.29) is 0 Å². The second-order valence-corrected chi connectivity index (χ2v) is 4.40. The highest BCUT2D eigenvalue weighted by atomic mass is 15.1. The van der Waals surface area contributed by atoms with Crippen molar-refractivity contribution in [2.45, 2.75) is 25.7 Å². The summed E-state index contributed by atoms with van der Waals surface area (Å²) < 4.78 is 0. The van der Waals surface area contributed by atoms with Gasteiger partial charge in [-0.25, -0.2) is 15.0 Å². The van der Waals surface area contributed by atoms with Crippen LogP contribution < -0.4 is 5.32 Å². The molecule has 1 aliphatic rings. The average molecular weight is 226 g/mol. The van der Waals surface area contributed by atoms with Gasteiger partial charge in [-0.15, -0.1) is 0 Å². The van der Waals surface area contributed by atoms with Crippen LogP contribution in [0.2, 0.25) is 0 Å². The number of hydrogen-bond donors (Lipinski definition) is 1. The van der Waals surface area contributed by atoms with Gasteiger partial charge in [0.1, 0.15) is 18.0 Å². The van der Waals surface area contributed by atoms with Gasteiger partial charge in [0.05, 0.1) is 0 Å². The molecule has 4 nitrogen and oxygen atoms in total. The largest absolute Gasteiger partial charge is 0.325 e. The monoisotopic (exact) mass is 226 g/mol. The number of pyridine rings is 1. The van der Waals surface area contributed by atoms with Gasteiger partial charge in [0, 0.05) is 23.9 Å². The summed E-state index contributed by atoms with van der Waals surface area (Å²) in [4.78, 5) is 12.8. The van der Waals surface area contributed by atoms with E-state index in [2.05, 4.69) is 20.3 Å². The molecule has 1 N–H and O–H groups in total. The number of aryl methyl sites for hydroxylation is 1. The molecule has 3 rings (SSSR count). The van der Waals surface area contributed by atoms with E-state index in [9.17, 15) is 0 Å². The molecule has 2 heterocycles. The average Bonchev–Trinajstić information content (AvgIpc) is 3.17. The van der Waals surface area contributed by atoms with Gasteiger partial charge in [-0.05, 0) is 31.4 Å². The van der Waals surface area contributed by atoms with E-state index in [0.717, 1.165) is 22.9 Å². The molecule has 4 heteroatoms. The maximum absolute atomic E-state index is 4.29. The second-order valence-electron chi connectivity index (χ2n) is 4.40. The Morgan fingerprint density at radius 3 is 2.88 bits per heavy atom. The minimum atomic E-state index is 0.642. The molecule has 0 spiro atoms. The Labute approximate surface area is 100 Å². The molecule has 0 bridgehead atoms. The second kappa shape index (κ2) is 4.13. The predicted molar refractivity (Wildman–Crippen MR) is 66.3 cm³/mol. The van der Waals surface area contributed by atoms with E-state index in [4.69, 9.17) is 0 Å². The van der Waals surface area contributed by atoms with E-state index in [1.165, 1.54) is 12.8 Å². The first-order valence-electron chi connectivity index (χ1n) is 5.83. The van der Waals surface area contributed by atoms with Crippen molar-refractivity contribution in [3.8, 4) is 0 Å². The summed E-state index contributed by atoms with van der Waals surface area (Å²) in [6, 6.07) is 5.97. The molecule has 17 heavy (non-hydrogen) atoms. The van der Waals surface area contributed by atoms with Crippen molar-refractivity contribution < 1.29 is 0 Å². The lowest BCUT2D eigenvalue weighted by molar-refractivity contribution is 0.988. The van der Waals surface area contributed by atoms with Gasteiger partial charge >= 0.3 is 0 Å². The van der Waals surface area contributed by atoms with Crippen LogP contribution in [0.15, 0.2) is 30.7 Å². The van der Waals surface area contributed by atoms with Crippen LogP contribution >= 0.6 is 0 Å². The van der Waals surface area contributed by atoms with Crippen molar-refractivity contribution in [3.63, 3.8) is 0 Å². The van der Waals surface area contributed by atoms with Crippen LogP contribution in [-0.4, -0.2) is 15.0 Å². The zero-order valence-electron chi connectivity index (χ0n) is 9.72. The summed E-state index contributed by atoms with van der Waals surface area (Å²) >= 11 is 0. The molecule has 0 unspecified atom stereocenters. The fraction of sp³-hybridized carbons (Fsp3) is 0.308. The number of aromatic nitrogens is 3. The summed E-state index contributed by atoms with van der Waals surface area (Å²) in [5.41, 5.74) is 2.25. The van der Waals surface area contributed by atoms with Gasteiger partial charge in [-0.1, -0.05) is 6.07 Å². The highest BCUT2D eigenvalue weighted by molar-refractivity contribution is 5.55. The fourth-order valence-corrected chi connectivity index (χ4v) is 1.78. The van der Waals surface area contributed by atoms with Crippen LogP contribution in [0.25, 0.3) is 0 Å². The minimum absolute atomic E-state index is 0.642. The lowest BCUT2D eigenvalue weighted by Gasteiger charge is -2.07. The first kappa shape index (κ1) is 10.2. The zero-order valence-corrected chi connectivity index (χ0v) is 9.72. The maximum Gasteiger partial charge on any atom is 0.135 e. The third-order valence-electron chi connectivity index (χ3n) is 2.94. The number of nitrogens with zero attached hydrogens (tertiary/aromatic N) is 3. The van der Waals surface area contributed by atoms with E-state index in [1.54, 1.807) is 12.5 Å². The van der Waals surface area contributed by atoms with Gasteiger partial charge in [0.2, 0.25) is 0 Å². The first-order chi connectivity index (χ1) is 8.33. The molecular weight excluding hydrogens is 212 g/mol. The van der Waals surface area contributed by atoms with E-state index >= 15 is 0 Å². The molecule has 0 amide bonds. The van der Waals surface area contributed by atoms with Crippen LogP contribution in [0.3, 0.4) is 0 Å². The standard InChI is InChI=1S/C13H14N4/c1-9-3-2-6-14-13(9)17-12-7-11(10-4-5-10)15-8-16-12/h2-3,6-8,10H,4-5H2,1H3,(H,14,15,16,17). The van der Waals surface area contributed by atoms with E-state index in [0.29, 0.717) is 5.92 Å². The van der Waals surface area contributed by atoms with Crippen LogP contribution in [0.4, 0.5) is 11.6 Å². The number of anilines is 2. The molecular formula is C13H14N4. The third-order valence-corrected chi connectivity index (χ3v) is 2.94. The molecule has 0 aromatic carbocycles. The molecule has 1 saturated carbocycles. The Kier molecular flexibility index (Phi) is 2.48. The molecule has 1 fully saturated rings. The fourth-order valence-electron chi connectivity index (χ4n) is 1.78. The van der Waals surface area contributed by atoms with E-state index < -0.39 is 0 Å². The number of nitrogens with one attached hydrogen (secondary N) is 1. The SMILES string of the molecule is Cc1cccnc1Nc1cc(C2CC2)ncn1. The summed E-state index contributed by atoms with van der Waals surface area (Å²) in [7, 11) is 0.